The van der Waals surface area contributed by atoms with E-state index in [4.69, 9.17) is 9.47 Å². The standard InChI is InChI=1S/C20H20N2O7/c1-3-28-19(24)15-9-16(11-17(10-15)22(26)27)20(25)29-13-18(23)21(2)12-14-7-5-4-6-8-14/h4-11H,3,12-13H2,1-2H3. The van der Waals surface area contributed by atoms with Crippen LogP contribution in [0.5, 0.6) is 0 Å². The molecular formula is C20H20N2O7. The quantitative estimate of drug-likeness (QED) is 0.380. The van der Waals surface area contributed by atoms with Gasteiger partial charge in [-0.15, -0.1) is 0 Å². The zero-order chi connectivity index (χ0) is 21.4. The molecule has 0 spiro atoms. The number of ether oxygens (including phenoxy) is 2. The lowest BCUT2D eigenvalue weighted by molar-refractivity contribution is -0.384. The van der Waals surface area contributed by atoms with Crippen molar-refractivity contribution in [3.8, 4) is 0 Å². The second kappa shape index (κ2) is 9.98. The number of hydrogen-bond acceptors (Lipinski definition) is 7. The van der Waals surface area contributed by atoms with Crippen LogP contribution in [-0.2, 0) is 20.8 Å². The van der Waals surface area contributed by atoms with Crippen LogP contribution in [0.1, 0.15) is 33.2 Å². The number of esters is 2. The second-order valence-electron chi connectivity index (χ2n) is 6.06. The summed E-state index contributed by atoms with van der Waals surface area (Å²) in [5, 5.41) is 11.1. The molecule has 0 atom stereocenters. The van der Waals surface area contributed by atoms with Crippen molar-refractivity contribution >= 4 is 23.5 Å². The van der Waals surface area contributed by atoms with Gasteiger partial charge >= 0.3 is 11.9 Å². The monoisotopic (exact) mass is 400 g/mol. The summed E-state index contributed by atoms with van der Waals surface area (Å²) < 4.78 is 9.78. The number of carbonyl (C=O) groups excluding carboxylic acids is 3. The SMILES string of the molecule is CCOC(=O)c1cc(C(=O)OCC(=O)N(C)Cc2ccccc2)cc([N+](=O)[O-])c1. The van der Waals surface area contributed by atoms with Gasteiger partial charge in [0.15, 0.2) is 6.61 Å². The minimum atomic E-state index is -0.958. The molecule has 0 radical (unpaired) electrons. The summed E-state index contributed by atoms with van der Waals surface area (Å²) >= 11 is 0. The van der Waals surface area contributed by atoms with Gasteiger partial charge in [-0.05, 0) is 18.6 Å². The summed E-state index contributed by atoms with van der Waals surface area (Å²) in [6, 6.07) is 12.4. The molecule has 0 aliphatic carbocycles. The maximum Gasteiger partial charge on any atom is 0.338 e. The van der Waals surface area contributed by atoms with Crippen LogP contribution in [0.2, 0.25) is 0 Å². The van der Waals surface area contributed by atoms with Gasteiger partial charge in [0.1, 0.15) is 0 Å². The Morgan fingerprint density at radius 3 is 2.14 bits per heavy atom. The first-order valence-electron chi connectivity index (χ1n) is 8.73. The Labute approximate surface area is 167 Å². The average molecular weight is 400 g/mol. The van der Waals surface area contributed by atoms with Crippen LogP contribution in [-0.4, -0.2) is 47.9 Å². The highest BCUT2D eigenvalue weighted by atomic mass is 16.6. The maximum absolute atomic E-state index is 12.3. The summed E-state index contributed by atoms with van der Waals surface area (Å²) in [4.78, 5) is 48.0. The Bertz CT molecular complexity index is 912. The summed E-state index contributed by atoms with van der Waals surface area (Å²) in [6.45, 7) is 1.45. The van der Waals surface area contributed by atoms with Gasteiger partial charge in [-0.2, -0.15) is 0 Å². The number of carbonyl (C=O) groups is 3. The zero-order valence-electron chi connectivity index (χ0n) is 16.0. The average Bonchev–Trinajstić information content (AvgIpc) is 2.72. The van der Waals surface area contributed by atoms with Crippen molar-refractivity contribution < 1.29 is 28.8 Å². The molecule has 0 unspecified atom stereocenters. The number of non-ortho nitro benzene ring substituents is 1. The van der Waals surface area contributed by atoms with Crippen molar-refractivity contribution in [2.75, 3.05) is 20.3 Å². The molecule has 0 aliphatic heterocycles. The molecule has 0 saturated carbocycles. The minimum absolute atomic E-state index is 0.0730. The fourth-order valence-electron chi connectivity index (χ4n) is 2.43. The van der Waals surface area contributed by atoms with Gasteiger partial charge in [0.2, 0.25) is 0 Å². The molecule has 0 aliphatic rings. The fraction of sp³-hybridized carbons (Fsp3) is 0.250. The van der Waals surface area contributed by atoms with E-state index in [1.54, 1.807) is 14.0 Å². The Morgan fingerprint density at radius 1 is 1.00 bits per heavy atom. The normalized spacial score (nSPS) is 10.1. The fourth-order valence-corrected chi connectivity index (χ4v) is 2.43. The maximum atomic E-state index is 12.3. The van der Waals surface area contributed by atoms with Crippen molar-refractivity contribution in [3.63, 3.8) is 0 Å². The zero-order valence-corrected chi connectivity index (χ0v) is 16.0. The smallest absolute Gasteiger partial charge is 0.338 e. The molecule has 0 bridgehead atoms. The molecule has 0 saturated heterocycles. The number of nitrogens with zero attached hydrogens (tertiary/aromatic N) is 2. The molecule has 0 heterocycles. The molecule has 2 aromatic rings. The lowest BCUT2D eigenvalue weighted by atomic mass is 10.1. The van der Waals surface area contributed by atoms with Crippen LogP contribution < -0.4 is 0 Å². The molecule has 152 valence electrons. The van der Waals surface area contributed by atoms with Gasteiger partial charge in [0.25, 0.3) is 11.6 Å². The topological polar surface area (TPSA) is 116 Å². The Hall–Kier alpha value is -3.75. The summed E-state index contributed by atoms with van der Waals surface area (Å²) in [5.74, 6) is -2.21. The van der Waals surface area contributed by atoms with E-state index in [9.17, 15) is 24.5 Å². The van der Waals surface area contributed by atoms with E-state index in [1.807, 2.05) is 30.3 Å². The summed E-state index contributed by atoms with van der Waals surface area (Å²) in [6.07, 6.45) is 0. The van der Waals surface area contributed by atoms with Gasteiger partial charge in [-0.25, -0.2) is 9.59 Å². The van der Waals surface area contributed by atoms with Gasteiger partial charge in [0, 0.05) is 25.7 Å². The van der Waals surface area contributed by atoms with E-state index < -0.39 is 35.1 Å². The third-order valence-corrected chi connectivity index (χ3v) is 3.89. The third-order valence-electron chi connectivity index (χ3n) is 3.89. The highest BCUT2D eigenvalue weighted by molar-refractivity contribution is 5.97. The van der Waals surface area contributed by atoms with Crippen molar-refractivity contribution in [3.05, 3.63) is 75.3 Å². The van der Waals surface area contributed by atoms with Gasteiger partial charge < -0.3 is 14.4 Å². The molecule has 2 rings (SSSR count). The molecular weight excluding hydrogens is 380 g/mol. The van der Waals surface area contributed by atoms with Crippen molar-refractivity contribution in [1.82, 2.24) is 4.90 Å². The van der Waals surface area contributed by atoms with E-state index in [1.165, 1.54) is 4.90 Å². The van der Waals surface area contributed by atoms with Crippen LogP contribution >= 0.6 is 0 Å². The molecule has 2 aromatic carbocycles. The molecule has 1 amide bonds. The molecule has 0 N–H and O–H groups in total. The van der Waals surface area contributed by atoms with E-state index in [-0.39, 0.29) is 17.7 Å². The van der Waals surface area contributed by atoms with Gasteiger partial charge in [-0.3, -0.25) is 14.9 Å². The van der Waals surface area contributed by atoms with Crippen LogP contribution in [0.15, 0.2) is 48.5 Å². The first kappa shape index (κ1) is 21.5. The summed E-state index contributed by atoms with van der Waals surface area (Å²) in [7, 11) is 1.56. The molecule has 29 heavy (non-hydrogen) atoms. The predicted octanol–water partition coefficient (Wildman–Crippen LogP) is 2.59. The molecule has 9 heteroatoms. The van der Waals surface area contributed by atoms with Crippen molar-refractivity contribution in [1.29, 1.82) is 0 Å². The van der Waals surface area contributed by atoms with Crippen LogP contribution in [0, 0.1) is 10.1 Å². The van der Waals surface area contributed by atoms with E-state index in [0.29, 0.717) is 6.54 Å². The number of nitro benzene ring substituents is 1. The molecule has 0 fully saturated rings. The van der Waals surface area contributed by atoms with Crippen molar-refractivity contribution in [2.24, 2.45) is 0 Å². The number of amides is 1. The number of benzene rings is 2. The first-order valence-corrected chi connectivity index (χ1v) is 8.73. The Kier molecular flexibility index (Phi) is 7.41. The highest BCUT2D eigenvalue weighted by Gasteiger charge is 2.20. The van der Waals surface area contributed by atoms with Crippen LogP contribution in [0.4, 0.5) is 5.69 Å². The van der Waals surface area contributed by atoms with Crippen molar-refractivity contribution in [2.45, 2.75) is 13.5 Å². The molecule has 0 aromatic heterocycles. The highest BCUT2D eigenvalue weighted by Crippen LogP contribution is 2.19. The lowest BCUT2D eigenvalue weighted by Gasteiger charge is -2.17. The van der Waals surface area contributed by atoms with Crippen LogP contribution in [0.3, 0.4) is 0 Å². The van der Waals surface area contributed by atoms with Gasteiger partial charge in [0.05, 0.1) is 22.7 Å². The summed E-state index contributed by atoms with van der Waals surface area (Å²) in [5.41, 5.74) is 0.0729. The number of rotatable bonds is 8. The first-order chi connectivity index (χ1) is 13.8. The lowest BCUT2D eigenvalue weighted by Crippen LogP contribution is -2.30. The number of likely N-dealkylation sites (N-methyl/N-ethyl adjacent to an activating group) is 1. The predicted molar refractivity (Wildman–Crippen MR) is 102 cm³/mol. The largest absolute Gasteiger partial charge is 0.462 e. The minimum Gasteiger partial charge on any atom is -0.462 e. The van der Waals surface area contributed by atoms with E-state index in [2.05, 4.69) is 0 Å². The van der Waals surface area contributed by atoms with E-state index >= 15 is 0 Å². The number of nitro groups is 1. The number of hydrogen-bond donors (Lipinski definition) is 0. The van der Waals surface area contributed by atoms with E-state index in [0.717, 1.165) is 23.8 Å². The Morgan fingerprint density at radius 2 is 1.59 bits per heavy atom. The van der Waals surface area contributed by atoms with Gasteiger partial charge in [-0.1, -0.05) is 30.3 Å². The van der Waals surface area contributed by atoms with Crippen LogP contribution in [0.25, 0.3) is 0 Å². The third kappa shape index (κ3) is 6.13. The molecule has 9 nitrogen and oxygen atoms in total. The second-order valence-corrected chi connectivity index (χ2v) is 6.06. The Balaban J connectivity index is 2.06.